The van der Waals surface area contributed by atoms with Crippen LogP contribution in [0, 0.1) is 12.7 Å². The predicted molar refractivity (Wildman–Crippen MR) is 95.3 cm³/mol. The van der Waals surface area contributed by atoms with Crippen LogP contribution in [0.3, 0.4) is 0 Å². The first-order chi connectivity index (χ1) is 12.0. The summed E-state index contributed by atoms with van der Waals surface area (Å²) in [7, 11) is 1.57. The molecule has 0 radical (unpaired) electrons. The zero-order valence-corrected chi connectivity index (χ0v) is 14.2. The molecule has 2 aromatic rings. The summed E-state index contributed by atoms with van der Waals surface area (Å²) >= 11 is 0. The van der Waals surface area contributed by atoms with E-state index in [0.717, 1.165) is 28.1 Å². The fourth-order valence-corrected chi connectivity index (χ4v) is 3.26. The molecule has 3 rings (SSSR count). The van der Waals surface area contributed by atoms with E-state index >= 15 is 0 Å². The Hall–Kier alpha value is -2.96. The molecule has 0 bridgehead atoms. The number of methoxy groups -OCH3 is 1. The average Bonchev–Trinajstić information content (AvgIpc) is 2.59. The maximum atomic E-state index is 13.8. The van der Waals surface area contributed by atoms with Gasteiger partial charge in [0.15, 0.2) is 0 Å². The summed E-state index contributed by atoms with van der Waals surface area (Å²) in [5.41, 5.74) is 15.3. The summed E-state index contributed by atoms with van der Waals surface area (Å²) in [6.07, 6.45) is 2.99. The van der Waals surface area contributed by atoms with Crippen LogP contribution in [0.25, 0.3) is 0 Å². The molecule has 1 aromatic heterocycles. The van der Waals surface area contributed by atoms with Crippen LogP contribution in [-0.4, -0.2) is 23.8 Å². The van der Waals surface area contributed by atoms with Gasteiger partial charge in [0.05, 0.1) is 18.5 Å². The number of nitrogens with zero attached hydrogens (tertiary/aromatic N) is 3. The van der Waals surface area contributed by atoms with Gasteiger partial charge < -0.3 is 16.2 Å². The van der Waals surface area contributed by atoms with Crippen molar-refractivity contribution in [3.05, 3.63) is 58.7 Å². The average molecular weight is 341 g/mol. The molecule has 0 spiro atoms. The zero-order valence-electron chi connectivity index (χ0n) is 14.2. The van der Waals surface area contributed by atoms with E-state index in [0.29, 0.717) is 18.6 Å². The molecule has 0 fully saturated rings. The Labute approximate surface area is 145 Å². The van der Waals surface area contributed by atoms with Gasteiger partial charge in [-0.05, 0) is 55.5 Å². The van der Waals surface area contributed by atoms with Crippen LogP contribution in [0.15, 0.2) is 40.7 Å². The highest BCUT2D eigenvalue weighted by molar-refractivity contribution is 6.04. The van der Waals surface area contributed by atoms with Crippen molar-refractivity contribution in [1.29, 1.82) is 0 Å². The molecule has 1 aliphatic carbocycles. The molecule has 1 aromatic carbocycles. The van der Waals surface area contributed by atoms with E-state index < -0.39 is 0 Å². The zero-order chi connectivity index (χ0) is 18.0. The maximum absolute atomic E-state index is 13.8. The Bertz CT molecular complexity index is 859. The number of pyridine rings is 1. The van der Waals surface area contributed by atoms with Crippen LogP contribution in [0.1, 0.15) is 34.7 Å². The van der Waals surface area contributed by atoms with Crippen molar-refractivity contribution in [1.82, 2.24) is 4.98 Å². The molecule has 1 atom stereocenters. The van der Waals surface area contributed by atoms with Gasteiger partial charge in [-0.15, -0.1) is 5.10 Å². The van der Waals surface area contributed by atoms with Crippen molar-refractivity contribution in [3.63, 3.8) is 0 Å². The molecule has 1 aliphatic rings. The van der Waals surface area contributed by atoms with E-state index in [9.17, 15) is 4.39 Å². The fourth-order valence-electron chi connectivity index (χ4n) is 3.26. The molecule has 0 amide bonds. The number of hydrogen-bond acceptors (Lipinski definition) is 4. The smallest absolute Gasteiger partial charge is 0.211 e. The van der Waals surface area contributed by atoms with Crippen LogP contribution in [0.2, 0.25) is 0 Å². The summed E-state index contributed by atoms with van der Waals surface area (Å²) in [6, 6.07) is 6.45. The van der Waals surface area contributed by atoms with E-state index in [1.165, 1.54) is 12.1 Å². The van der Waals surface area contributed by atoms with Crippen molar-refractivity contribution in [2.75, 3.05) is 7.11 Å². The van der Waals surface area contributed by atoms with Gasteiger partial charge in [0.2, 0.25) is 5.96 Å². The number of hydrogen-bond donors (Lipinski definition) is 2. The molecule has 130 valence electrons. The van der Waals surface area contributed by atoms with E-state index in [4.69, 9.17) is 16.2 Å². The second kappa shape index (κ2) is 6.88. The lowest BCUT2D eigenvalue weighted by molar-refractivity contribution is 0.403. The molecule has 0 saturated carbocycles. The number of benzene rings is 1. The van der Waals surface area contributed by atoms with E-state index in [1.54, 1.807) is 19.4 Å². The Morgan fingerprint density at radius 3 is 2.80 bits per heavy atom. The Kier molecular flexibility index (Phi) is 4.65. The molecule has 0 saturated heterocycles. The normalized spacial score (nSPS) is 17.9. The molecule has 1 unspecified atom stereocenters. The number of fused-ring (bicyclic) bond motifs is 1. The molecular formula is C18H20FN5O. The van der Waals surface area contributed by atoms with Crippen LogP contribution < -0.4 is 16.2 Å². The van der Waals surface area contributed by atoms with Gasteiger partial charge in [-0.3, -0.25) is 4.98 Å². The highest BCUT2D eigenvalue weighted by atomic mass is 19.1. The minimum absolute atomic E-state index is 0.0274. The standard InChI is InChI=1S/C18H20FN5O/c1-10-5-6-22-14-7-11(8-15(17(10)14)23-24-18(20)21)13-9-12(19)3-4-16(13)25-2/h3-6,9,11H,7-8H2,1-2H3,(H4,20,21,24)/b23-15-. The van der Waals surface area contributed by atoms with Gasteiger partial charge in [-0.1, -0.05) is 0 Å². The maximum Gasteiger partial charge on any atom is 0.211 e. The first-order valence-electron chi connectivity index (χ1n) is 7.93. The van der Waals surface area contributed by atoms with E-state index in [1.807, 2.05) is 13.0 Å². The molecule has 6 nitrogen and oxygen atoms in total. The van der Waals surface area contributed by atoms with E-state index in [-0.39, 0.29) is 17.7 Å². The summed E-state index contributed by atoms with van der Waals surface area (Å²) in [4.78, 5) is 4.48. The second-order valence-electron chi connectivity index (χ2n) is 6.01. The van der Waals surface area contributed by atoms with Gasteiger partial charge in [0, 0.05) is 17.3 Å². The summed E-state index contributed by atoms with van der Waals surface area (Å²) in [5.74, 6) is 0.201. The minimum Gasteiger partial charge on any atom is -0.496 e. The number of nitrogens with two attached hydrogens (primary N) is 2. The highest BCUT2D eigenvalue weighted by Gasteiger charge is 2.29. The summed E-state index contributed by atoms with van der Waals surface area (Å²) < 4.78 is 19.2. The number of rotatable bonds is 3. The molecule has 25 heavy (non-hydrogen) atoms. The SMILES string of the molecule is COc1ccc(F)cc1C1C/C(=N/N=C(N)N)c2c(C)ccnc2C1. The predicted octanol–water partition coefficient (Wildman–Crippen LogP) is 2.25. The minimum atomic E-state index is -0.304. The lowest BCUT2D eigenvalue weighted by Crippen LogP contribution is -2.24. The Morgan fingerprint density at radius 1 is 1.28 bits per heavy atom. The van der Waals surface area contributed by atoms with Gasteiger partial charge >= 0.3 is 0 Å². The summed E-state index contributed by atoms with van der Waals surface area (Å²) in [6.45, 7) is 1.99. The number of ether oxygens (including phenoxy) is 1. The molecule has 1 heterocycles. The summed E-state index contributed by atoms with van der Waals surface area (Å²) in [5, 5.41) is 8.02. The van der Waals surface area contributed by atoms with Crippen LogP contribution in [-0.2, 0) is 6.42 Å². The van der Waals surface area contributed by atoms with Crippen molar-refractivity contribution < 1.29 is 9.13 Å². The highest BCUT2D eigenvalue weighted by Crippen LogP contribution is 2.37. The molecule has 7 heteroatoms. The van der Waals surface area contributed by atoms with Crippen LogP contribution in [0.4, 0.5) is 4.39 Å². The number of aromatic nitrogens is 1. The third-order valence-corrected chi connectivity index (χ3v) is 4.32. The Morgan fingerprint density at radius 2 is 2.08 bits per heavy atom. The van der Waals surface area contributed by atoms with Crippen molar-refractivity contribution in [3.8, 4) is 5.75 Å². The van der Waals surface area contributed by atoms with Crippen molar-refractivity contribution in [2.45, 2.75) is 25.7 Å². The Balaban J connectivity index is 2.10. The lowest BCUT2D eigenvalue weighted by Gasteiger charge is -2.27. The topological polar surface area (TPSA) is 98.9 Å². The largest absolute Gasteiger partial charge is 0.496 e. The van der Waals surface area contributed by atoms with Gasteiger partial charge in [-0.25, -0.2) is 4.39 Å². The van der Waals surface area contributed by atoms with Crippen molar-refractivity contribution in [2.24, 2.45) is 21.7 Å². The second-order valence-corrected chi connectivity index (χ2v) is 6.01. The molecule has 0 aliphatic heterocycles. The number of guanidine groups is 1. The quantitative estimate of drug-likeness (QED) is 0.508. The monoisotopic (exact) mass is 341 g/mol. The fraction of sp³-hybridized carbons (Fsp3) is 0.278. The first-order valence-corrected chi connectivity index (χ1v) is 7.93. The number of aryl methyl sites for hydroxylation is 1. The van der Waals surface area contributed by atoms with Gasteiger partial charge in [0.25, 0.3) is 0 Å². The first kappa shape index (κ1) is 16.9. The molecular weight excluding hydrogens is 321 g/mol. The van der Waals surface area contributed by atoms with Crippen molar-refractivity contribution >= 4 is 11.7 Å². The number of halogens is 1. The van der Waals surface area contributed by atoms with Crippen LogP contribution >= 0.6 is 0 Å². The van der Waals surface area contributed by atoms with E-state index in [2.05, 4.69) is 15.2 Å². The molecule has 4 N–H and O–H groups in total. The van der Waals surface area contributed by atoms with Gasteiger partial charge in [-0.2, -0.15) is 5.10 Å². The van der Waals surface area contributed by atoms with Crippen LogP contribution in [0.5, 0.6) is 5.75 Å². The van der Waals surface area contributed by atoms with Gasteiger partial charge in [0.1, 0.15) is 11.6 Å². The third kappa shape index (κ3) is 3.45. The lowest BCUT2D eigenvalue weighted by atomic mass is 9.79. The third-order valence-electron chi connectivity index (χ3n) is 4.32.